The highest BCUT2D eigenvalue weighted by Gasteiger charge is 2.17. The van der Waals surface area contributed by atoms with Crippen LogP contribution in [0.5, 0.6) is 0 Å². The van der Waals surface area contributed by atoms with E-state index in [1.165, 1.54) is 23.3 Å². The molecule has 0 aromatic heterocycles. The number of anilines is 1. The summed E-state index contributed by atoms with van der Waals surface area (Å²) in [6.45, 7) is 3.50. The summed E-state index contributed by atoms with van der Waals surface area (Å²) in [5, 5.41) is 5.99. The number of carbonyl (C=O) groups excluding carboxylic acids is 1. The summed E-state index contributed by atoms with van der Waals surface area (Å²) in [4.78, 5) is 16.5. The molecular weight excluding hydrogens is 422 g/mol. The molecule has 0 aliphatic carbocycles. The first kappa shape index (κ1) is 21.9. The minimum absolute atomic E-state index is 0.0556. The predicted octanol–water partition coefficient (Wildman–Crippen LogP) is 4.35. The number of fused-ring (bicyclic) bond motifs is 1. The van der Waals surface area contributed by atoms with Crippen molar-refractivity contribution >= 4 is 27.3 Å². The Hall–Kier alpha value is -3.29. The first-order valence-electron chi connectivity index (χ1n) is 10.5. The monoisotopic (exact) mass is 447 g/mol. The number of rotatable bonds is 5. The summed E-state index contributed by atoms with van der Waals surface area (Å²) in [5.74, 6) is -0.0556. The number of hydrogen-bond donors (Lipinski definition) is 2. The standard InChI is InChI=1S/C25H25N3O3S/c1-18(20-5-3-2-4-6-20)27-25(29)28-23-9-11-24(12-10-23)32(30,31)17-19-7-8-22-16-26-14-13-21(22)15-19/h2-12,15,26H,13-14,16-17H2,1H3,(H,28,29). The van der Waals surface area contributed by atoms with Crippen molar-refractivity contribution in [3.8, 4) is 0 Å². The molecule has 3 aromatic carbocycles. The highest BCUT2D eigenvalue weighted by molar-refractivity contribution is 7.90. The van der Waals surface area contributed by atoms with Gasteiger partial charge in [-0.05, 0) is 66.4 Å². The van der Waals surface area contributed by atoms with Gasteiger partial charge in [0.2, 0.25) is 0 Å². The van der Waals surface area contributed by atoms with E-state index in [-0.39, 0.29) is 10.6 Å². The van der Waals surface area contributed by atoms with E-state index in [4.69, 9.17) is 0 Å². The number of benzene rings is 3. The number of sulfone groups is 1. The van der Waals surface area contributed by atoms with Crippen molar-refractivity contribution in [3.63, 3.8) is 0 Å². The van der Waals surface area contributed by atoms with Gasteiger partial charge in [0.1, 0.15) is 0 Å². The van der Waals surface area contributed by atoms with Crippen molar-refractivity contribution in [2.75, 3.05) is 11.9 Å². The fourth-order valence-electron chi connectivity index (χ4n) is 3.72. The lowest BCUT2D eigenvalue weighted by molar-refractivity contribution is 0.259. The van der Waals surface area contributed by atoms with Gasteiger partial charge in [-0.2, -0.15) is 4.99 Å². The number of nitrogens with one attached hydrogen (secondary N) is 2. The number of hydrogen-bond acceptors (Lipinski definition) is 4. The summed E-state index contributed by atoms with van der Waals surface area (Å²) in [6.07, 6.45) is 0.907. The molecule has 1 aliphatic heterocycles. The number of urea groups is 1. The maximum atomic E-state index is 12.9. The Kier molecular flexibility index (Phi) is 6.48. The van der Waals surface area contributed by atoms with E-state index >= 15 is 0 Å². The van der Waals surface area contributed by atoms with Crippen molar-refractivity contribution < 1.29 is 13.2 Å². The van der Waals surface area contributed by atoms with Crippen LogP contribution in [0.3, 0.4) is 0 Å². The number of aliphatic imine (C=N–C) groups is 1. The molecule has 3 aromatic rings. The van der Waals surface area contributed by atoms with Gasteiger partial charge in [0, 0.05) is 12.2 Å². The molecule has 32 heavy (non-hydrogen) atoms. The Labute approximate surface area is 188 Å². The predicted molar refractivity (Wildman–Crippen MR) is 127 cm³/mol. The van der Waals surface area contributed by atoms with Gasteiger partial charge in [0.15, 0.2) is 9.84 Å². The Morgan fingerprint density at radius 1 is 1.00 bits per heavy atom. The van der Waals surface area contributed by atoms with Gasteiger partial charge in [-0.15, -0.1) is 0 Å². The van der Waals surface area contributed by atoms with E-state index in [1.54, 1.807) is 19.1 Å². The van der Waals surface area contributed by atoms with Gasteiger partial charge in [-0.3, -0.25) is 0 Å². The largest absolute Gasteiger partial charge is 0.345 e. The molecule has 2 N–H and O–H groups in total. The van der Waals surface area contributed by atoms with Crippen LogP contribution in [0.15, 0.2) is 82.7 Å². The molecule has 0 spiro atoms. The second kappa shape index (κ2) is 9.46. The van der Waals surface area contributed by atoms with E-state index in [0.717, 1.165) is 30.6 Å². The van der Waals surface area contributed by atoms with Crippen LogP contribution in [0.4, 0.5) is 10.5 Å². The maximum Gasteiger partial charge on any atom is 0.345 e. The van der Waals surface area contributed by atoms with E-state index < -0.39 is 15.9 Å². The molecule has 0 bridgehead atoms. The molecule has 1 aliphatic rings. The molecule has 1 heterocycles. The molecular formula is C25H25N3O3S. The molecule has 7 heteroatoms. The van der Waals surface area contributed by atoms with Crippen LogP contribution in [0, 0.1) is 0 Å². The summed E-state index contributed by atoms with van der Waals surface area (Å²) < 4.78 is 25.8. The topological polar surface area (TPSA) is 87.6 Å². The number of amides is 2. The van der Waals surface area contributed by atoms with E-state index in [9.17, 15) is 13.2 Å². The molecule has 164 valence electrons. The van der Waals surface area contributed by atoms with Crippen LogP contribution in [0.1, 0.15) is 29.2 Å². The fourth-order valence-corrected chi connectivity index (χ4v) is 5.05. The van der Waals surface area contributed by atoms with Gasteiger partial charge < -0.3 is 10.6 Å². The molecule has 0 radical (unpaired) electrons. The van der Waals surface area contributed by atoms with Gasteiger partial charge in [-0.25, -0.2) is 13.2 Å². The van der Waals surface area contributed by atoms with Crippen LogP contribution in [0.2, 0.25) is 0 Å². The quantitative estimate of drug-likeness (QED) is 0.570. The SMILES string of the molecule is CC(=NC(=O)Nc1ccc(S(=O)(=O)Cc2ccc3c(c2)CCNC3)cc1)c1ccccc1. The normalized spacial score (nSPS) is 14.0. The first-order chi connectivity index (χ1) is 15.4. The number of carbonyl (C=O) groups is 1. The first-order valence-corrected chi connectivity index (χ1v) is 12.1. The Morgan fingerprint density at radius 2 is 1.75 bits per heavy atom. The van der Waals surface area contributed by atoms with Crippen molar-refractivity contribution in [1.29, 1.82) is 0 Å². The molecule has 6 nitrogen and oxygen atoms in total. The Morgan fingerprint density at radius 3 is 2.50 bits per heavy atom. The second-order valence-electron chi connectivity index (χ2n) is 7.81. The molecule has 0 unspecified atom stereocenters. The third-order valence-corrected chi connectivity index (χ3v) is 7.14. The van der Waals surface area contributed by atoms with Crippen LogP contribution < -0.4 is 10.6 Å². The lowest BCUT2D eigenvalue weighted by Gasteiger charge is -2.18. The molecule has 0 atom stereocenters. The zero-order valence-electron chi connectivity index (χ0n) is 17.8. The molecule has 0 saturated carbocycles. The second-order valence-corrected chi connectivity index (χ2v) is 9.80. The van der Waals surface area contributed by atoms with Gasteiger partial charge in [-0.1, -0.05) is 48.5 Å². The molecule has 2 amide bonds. The highest BCUT2D eigenvalue weighted by atomic mass is 32.2. The minimum Gasteiger partial charge on any atom is -0.312 e. The van der Waals surface area contributed by atoms with Gasteiger partial charge >= 0.3 is 6.03 Å². The third-order valence-electron chi connectivity index (χ3n) is 5.44. The lowest BCUT2D eigenvalue weighted by Crippen LogP contribution is -2.23. The average Bonchev–Trinajstić information content (AvgIpc) is 2.79. The Balaban J connectivity index is 1.43. The van der Waals surface area contributed by atoms with Crippen molar-refractivity contribution in [3.05, 3.63) is 95.1 Å². The van der Waals surface area contributed by atoms with E-state index in [0.29, 0.717) is 11.4 Å². The summed E-state index contributed by atoms with van der Waals surface area (Å²) in [5.41, 5.74) is 5.17. The fraction of sp³-hybridized carbons (Fsp3) is 0.200. The smallest absolute Gasteiger partial charge is 0.312 e. The van der Waals surface area contributed by atoms with Crippen molar-refractivity contribution in [1.82, 2.24) is 5.32 Å². The van der Waals surface area contributed by atoms with Crippen LogP contribution >= 0.6 is 0 Å². The average molecular weight is 448 g/mol. The van der Waals surface area contributed by atoms with Crippen LogP contribution in [0.25, 0.3) is 0 Å². The zero-order valence-corrected chi connectivity index (χ0v) is 18.7. The number of nitrogens with zero attached hydrogens (tertiary/aromatic N) is 1. The summed E-state index contributed by atoms with van der Waals surface area (Å²) >= 11 is 0. The molecule has 0 saturated heterocycles. The van der Waals surface area contributed by atoms with Crippen LogP contribution in [-0.4, -0.2) is 26.7 Å². The highest BCUT2D eigenvalue weighted by Crippen LogP contribution is 2.22. The third kappa shape index (κ3) is 5.30. The zero-order chi connectivity index (χ0) is 22.6. The van der Waals surface area contributed by atoms with E-state index in [1.807, 2.05) is 48.5 Å². The summed E-state index contributed by atoms with van der Waals surface area (Å²) in [6, 6.07) is 21.0. The Bertz CT molecular complexity index is 1250. The van der Waals surface area contributed by atoms with Crippen molar-refractivity contribution in [2.45, 2.75) is 30.5 Å². The lowest BCUT2D eigenvalue weighted by atomic mass is 9.99. The molecule has 0 fully saturated rings. The maximum absolute atomic E-state index is 12.9. The van der Waals surface area contributed by atoms with Crippen LogP contribution in [-0.2, 0) is 28.6 Å². The van der Waals surface area contributed by atoms with Gasteiger partial charge in [0.25, 0.3) is 0 Å². The summed E-state index contributed by atoms with van der Waals surface area (Å²) in [7, 11) is -3.50. The van der Waals surface area contributed by atoms with Gasteiger partial charge in [0.05, 0.1) is 16.4 Å². The molecule has 4 rings (SSSR count). The van der Waals surface area contributed by atoms with Crippen molar-refractivity contribution in [2.24, 2.45) is 4.99 Å². The minimum atomic E-state index is -3.50. The van der Waals surface area contributed by atoms with E-state index in [2.05, 4.69) is 15.6 Å².